The third-order valence-electron chi connectivity index (χ3n) is 2.24. The van der Waals surface area contributed by atoms with Crippen molar-refractivity contribution in [3.8, 4) is 0 Å². The van der Waals surface area contributed by atoms with Gasteiger partial charge in [-0.15, -0.1) is 0 Å². The smallest absolute Gasteiger partial charge is 0.243 e. The van der Waals surface area contributed by atoms with Crippen LogP contribution in [0.3, 0.4) is 0 Å². The molecule has 1 rings (SSSR count). The van der Waals surface area contributed by atoms with E-state index < -0.39 is 0 Å². The Morgan fingerprint density at radius 3 is 2.76 bits per heavy atom. The molecule has 0 saturated carbocycles. The van der Waals surface area contributed by atoms with Gasteiger partial charge in [-0.2, -0.15) is 16.7 Å². The van der Waals surface area contributed by atoms with Crippen LogP contribution in [0.5, 0.6) is 0 Å². The highest BCUT2D eigenvalue weighted by Crippen LogP contribution is 2.15. The third kappa shape index (κ3) is 5.55. The van der Waals surface area contributed by atoms with E-state index in [1.807, 2.05) is 18.7 Å². The zero-order valence-corrected chi connectivity index (χ0v) is 12.0. The number of hydrogen-bond acceptors (Lipinski definition) is 5. The second-order valence-electron chi connectivity index (χ2n) is 4.63. The molecule has 0 saturated heterocycles. The van der Waals surface area contributed by atoms with Crippen LogP contribution in [0, 0.1) is 5.92 Å². The largest absolute Gasteiger partial charge is 0.338 e. The van der Waals surface area contributed by atoms with Gasteiger partial charge in [0.1, 0.15) is 0 Å². The van der Waals surface area contributed by atoms with Crippen molar-refractivity contribution in [2.45, 2.75) is 45.9 Å². The van der Waals surface area contributed by atoms with Crippen LogP contribution in [0.25, 0.3) is 0 Å². The summed E-state index contributed by atoms with van der Waals surface area (Å²) in [5, 5.41) is 7.33. The average Bonchev–Trinajstić information content (AvgIpc) is 2.74. The Kier molecular flexibility index (Phi) is 6.58. The number of nitrogens with one attached hydrogen (secondary N) is 1. The fourth-order valence-electron chi connectivity index (χ4n) is 1.34. The molecule has 1 aromatic rings. The standard InChI is InChI=1S/C12H23N3OS/c1-5-6-13-10(4)12-14-11(15-16-12)8-17-7-9(2)3/h9-10,13H,5-8H2,1-4H3. The molecule has 1 unspecified atom stereocenters. The molecule has 0 aliphatic heterocycles. The van der Waals surface area contributed by atoms with Gasteiger partial charge >= 0.3 is 0 Å². The molecule has 17 heavy (non-hydrogen) atoms. The summed E-state index contributed by atoms with van der Waals surface area (Å²) in [7, 11) is 0. The summed E-state index contributed by atoms with van der Waals surface area (Å²) in [5.74, 6) is 4.17. The van der Waals surface area contributed by atoms with Crippen molar-refractivity contribution in [3.05, 3.63) is 11.7 Å². The highest BCUT2D eigenvalue weighted by molar-refractivity contribution is 7.98. The predicted molar refractivity (Wildman–Crippen MR) is 72.0 cm³/mol. The average molecular weight is 257 g/mol. The van der Waals surface area contributed by atoms with Crippen LogP contribution >= 0.6 is 11.8 Å². The molecule has 0 radical (unpaired) electrons. The van der Waals surface area contributed by atoms with Crippen LogP contribution in [-0.4, -0.2) is 22.4 Å². The Morgan fingerprint density at radius 2 is 2.12 bits per heavy atom. The Morgan fingerprint density at radius 1 is 1.35 bits per heavy atom. The van der Waals surface area contributed by atoms with Crippen molar-refractivity contribution >= 4 is 11.8 Å². The van der Waals surface area contributed by atoms with Gasteiger partial charge in [-0.3, -0.25) is 0 Å². The lowest BCUT2D eigenvalue weighted by atomic mass is 10.3. The number of rotatable bonds is 8. The molecule has 4 nitrogen and oxygen atoms in total. The molecule has 0 aliphatic rings. The quantitative estimate of drug-likeness (QED) is 0.776. The molecule has 0 spiro atoms. The molecule has 0 amide bonds. The summed E-state index contributed by atoms with van der Waals surface area (Å²) in [6.07, 6.45) is 1.11. The first-order valence-corrected chi connectivity index (χ1v) is 7.42. The minimum Gasteiger partial charge on any atom is -0.338 e. The van der Waals surface area contributed by atoms with Gasteiger partial charge in [-0.1, -0.05) is 25.9 Å². The zero-order chi connectivity index (χ0) is 12.7. The molecule has 98 valence electrons. The van der Waals surface area contributed by atoms with Crippen LogP contribution in [0.2, 0.25) is 0 Å². The monoisotopic (exact) mass is 257 g/mol. The maximum atomic E-state index is 5.24. The molecule has 1 aromatic heterocycles. The summed E-state index contributed by atoms with van der Waals surface area (Å²) >= 11 is 1.85. The first-order chi connectivity index (χ1) is 8.13. The Hall–Kier alpha value is -0.550. The van der Waals surface area contributed by atoms with E-state index in [0.29, 0.717) is 11.8 Å². The van der Waals surface area contributed by atoms with Gasteiger partial charge in [0.2, 0.25) is 5.89 Å². The van der Waals surface area contributed by atoms with Crippen molar-refractivity contribution in [2.75, 3.05) is 12.3 Å². The van der Waals surface area contributed by atoms with E-state index in [1.54, 1.807) is 0 Å². The van der Waals surface area contributed by atoms with E-state index in [1.165, 1.54) is 0 Å². The lowest BCUT2D eigenvalue weighted by Gasteiger charge is -2.06. The predicted octanol–water partition coefficient (Wildman–Crippen LogP) is 3.02. The van der Waals surface area contributed by atoms with Crippen LogP contribution in [0.4, 0.5) is 0 Å². The minimum absolute atomic E-state index is 0.145. The first-order valence-electron chi connectivity index (χ1n) is 6.27. The van der Waals surface area contributed by atoms with Gasteiger partial charge in [0.15, 0.2) is 5.82 Å². The lowest BCUT2D eigenvalue weighted by Crippen LogP contribution is -2.19. The SMILES string of the molecule is CCCNC(C)c1nc(CSCC(C)C)no1. The summed E-state index contributed by atoms with van der Waals surface area (Å²) < 4.78 is 5.24. The number of thioether (sulfide) groups is 1. The fraction of sp³-hybridized carbons (Fsp3) is 0.833. The molecule has 1 heterocycles. The first kappa shape index (κ1) is 14.5. The molecule has 1 N–H and O–H groups in total. The van der Waals surface area contributed by atoms with E-state index in [9.17, 15) is 0 Å². The molecular weight excluding hydrogens is 234 g/mol. The summed E-state index contributed by atoms with van der Waals surface area (Å²) in [5.41, 5.74) is 0. The van der Waals surface area contributed by atoms with E-state index in [0.717, 1.165) is 30.3 Å². The van der Waals surface area contributed by atoms with Gasteiger partial charge in [0, 0.05) is 0 Å². The van der Waals surface area contributed by atoms with E-state index >= 15 is 0 Å². The van der Waals surface area contributed by atoms with E-state index in [4.69, 9.17) is 4.52 Å². The van der Waals surface area contributed by atoms with Gasteiger partial charge in [-0.25, -0.2) is 0 Å². The zero-order valence-electron chi connectivity index (χ0n) is 11.2. The van der Waals surface area contributed by atoms with Crippen LogP contribution in [-0.2, 0) is 5.75 Å². The molecular formula is C12H23N3OS. The van der Waals surface area contributed by atoms with Crippen molar-refractivity contribution in [1.29, 1.82) is 0 Å². The third-order valence-corrected chi connectivity index (χ3v) is 3.60. The van der Waals surface area contributed by atoms with Crippen molar-refractivity contribution in [3.63, 3.8) is 0 Å². The van der Waals surface area contributed by atoms with Crippen LogP contribution in [0.1, 0.15) is 51.9 Å². The maximum Gasteiger partial charge on any atom is 0.243 e. The summed E-state index contributed by atoms with van der Waals surface area (Å²) in [6, 6.07) is 0.145. The highest BCUT2D eigenvalue weighted by atomic mass is 32.2. The summed E-state index contributed by atoms with van der Waals surface area (Å²) in [6.45, 7) is 9.59. The second-order valence-corrected chi connectivity index (χ2v) is 5.66. The molecule has 5 heteroatoms. The van der Waals surface area contributed by atoms with Gasteiger partial charge in [0.25, 0.3) is 0 Å². The molecule has 0 aliphatic carbocycles. The van der Waals surface area contributed by atoms with Crippen molar-refractivity contribution in [2.24, 2.45) is 5.92 Å². The number of aromatic nitrogens is 2. The van der Waals surface area contributed by atoms with E-state index in [-0.39, 0.29) is 6.04 Å². The Balaban J connectivity index is 2.36. The minimum atomic E-state index is 0.145. The number of hydrogen-bond donors (Lipinski definition) is 1. The Labute approximate surface area is 108 Å². The van der Waals surface area contributed by atoms with Gasteiger partial charge < -0.3 is 9.84 Å². The molecule has 1 atom stereocenters. The number of nitrogens with zero attached hydrogens (tertiary/aromatic N) is 2. The second kappa shape index (κ2) is 7.71. The van der Waals surface area contributed by atoms with Gasteiger partial charge in [-0.05, 0) is 31.6 Å². The molecule has 0 bridgehead atoms. The van der Waals surface area contributed by atoms with Gasteiger partial charge in [0.05, 0.1) is 11.8 Å². The topological polar surface area (TPSA) is 51.0 Å². The fourth-order valence-corrected chi connectivity index (χ4v) is 2.23. The molecule has 0 fully saturated rings. The summed E-state index contributed by atoms with van der Waals surface area (Å²) in [4.78, 5) is 4.40. The van der Waals surface area contributed by atoms with Crippen LogP contribution in [0.15, 0.2) is 4.52 Å². The Bertz CT molecular complexity index is 314. The van der Waals surface area contributed by atoms with Crippen molar-refractivity contribution in [1.82, 2.24) is 15.5 Å². The molecule has 0 aromatic carbocycles. The maximum absolute atomic E-state index is 5.24. The van der Waals surface area contributed by atoms with Crippen LogP contribution < -0.4 is 5.32 Å². The van der Waals surface area contributed by atoms with Crippen molar-refractivity contribution < 1.29 is 4.52 Å². The highest BCUT2D eigenvalue weighted by Gasteiger charge is 2.13. The van der Waals surface area contributed by atoms with E-state index in [2.05, 4.69) is 36.2 Å². The normalized spacial score (nSPS) is 13.2. The lowest BCUT2D eigenvalue weighted by molar-refractivity contribution is 0.337.